The Morgan fingerprint density at radius 1 is 1.60 bits per heavy atom. The average molecular weight is 124 g/mol. The molecule has 0 aliphatic heterocycles. The van der Waals surface area contributed by atoms with Crippen molar-refractivity contribution in [3.05, 3.63) is 0 Å². The van der Waals surface area contributed by atoms with Crippen molar-refractivity contribution < 1.29 is 0 Å². The van der Waals surface area contributed by atoms with Crippen molar-refractivity contribution in [3.63, 3.8) is 0 Å². The molecule has 0 aromatic carbocycles. The quantitative estimate of drug-likeness (QED) is 0.364. The molecule has 45 valence electrons. The van der Waals surface area contributed by atoms with Gasteiger partial charge in [0.2, 0.25) is 0 Å². The molecule has 0 saturated heterocycles. The fourth-order valence-corrected chi connectivity index (χ4v) is 0.631. The van der Waals surface area contributed by atoms with Crippen molar-refractivity contribution >= 4 is 32.9 Å². The number of terminal acetylenes is 1. The Bertz CT molecular complexity index is 175. The Morgan fingerprint density at radius 3 is 2.80 bits per heavy atom. The van der Waals surface area contributed by atoms with Crippen LogP contribution >= 0.6 is 0 Å². The van der Waals surface area contributed by atoms with E-state index in [-0.39, 0.29) is 0 Å². The molecule has 0 fully saturated rings. The Labute approximate surface area is 66.0 Å². The molecule has 0 N–H and O–H groups in total. The van der Waals surface area contributed by atoms with E-state index in [1.807, 2.05) is 41.3 Å². The van der Waals surface area contributed by atoms with Crippen LogP contribution in [0.15, 0.2) is 0 Å². The van der Waals surface area contributed by atoms with Crippen molar-refractivity contribution in [2.45, 2.75) is 20.1 Å². The van der Waals surface area contributed by atoms with Crippen molar-refractivity contribution in [2.24, 2.45) is 0 Å². The minimum absolute atomic E-state index is 0.717. The van der Waals surface area contributed by atoms with E-state index in [0.29, 0.717) is 0 Å². The fraction of sp³-hybridized carbons (Fsp3) is 0.500. The van der Waals surface area contributed by atoms with E-state index in [4.69, 9.17) is 6.42 Å². The monoisotopic (exact) mass is 125 g/mol. The van der Waals surface area contributed by atoms with Crippen LogP contribution in [0.3, 0.4) is 0 Å². The van der Waals surface area contributed by atoms with Gasteiger partial charge in [0, 0.05) is 0 Å². The molecule has 0 aromatic heterocycles. The molecule has 0 atom stereocenters. The first-order valence-electron chi connectivity index (χ1n) is 3.37. The van der Waals surface area contributed by atoms with Crippen LogP contribution in [-0.4, -0.2) is 32.9 Å². The molecular formula is C6H9B4. The maximum atomic E-state index is 5.06. The third kappa shape index (κ3) is 5.82. The van der Waals surface area contributed by atoms with Crippen LogP contribution in [0.1, 0.15) is 6.92 Å². The van der Waals surface area contributed by atoms with Crippen LogP contribution in [0.5, 0.6) is 0 Å². The van der Waals surface area contributed by atoms with Gasteiger partial charge in [-0.2, -0.15) is 0 Å². The van der Waals surface area contributed by atoms with Gasteiger partial charge in [-0.25, -0.2) is 0 Å². The molecule has 0 unspecified atom stereocenters. The van der Waals surface area contributed by atoms with Crippen molar-refractivity contribution in [2.75, 3.05) is 0 Å². The van der Waals surface area contributed by atoms with Crippen molar-refractivity contribution in [1.82, 2.24) is 0 Å². The van der Waals surface area contributed by atoms with Gasteiger partial charge >= 0.3 is 65.4 Å². The molecule has 4 heteroatoms. The van der Waals surface area contributed by atoms with Gasteiger partial charge in [-0.15, -0.1) is 0 Å². The standard InChI is InChI=1S/C6H9B4/c1-4-5-8-10-6(2)9-7-3/h1H,5H2,2-3H3. The van der Waals surface area contributed by atoms with Gasteiger partial charge in [0.15, 0.2) is 0 Å². The second-order valence-corrected chi connectivity index (χ2v) is 2.05. The summed E-state index contributed by atoms with van der Waals surface area (Å²) in [6.07, 6.45) is 5.78. The van der Waals surface area contributed by atoms with E-state index in [0.717, 1.165) is 6.32 Å². The molecule has 0 aliphatic carbocycles. The second kappa shape index (κ2) is 6.80. The third-order valence-corrected chi connectivity index (χ3v) is 1.05. The number of rotatable bonds is 3. The number of hydrogen-bond acceptors (Lipinski definition) is 0. The summed E-state index contributed by atoms with van der Waals surface area (Å²) in [5.41, 5.74) is 0. The fourth-order valence-electron chi connectivity index (χ4n) is 0.631. The summed E-state index contributed by atoms with van der Waals surface area (Å²) in [7, 11) is 2.01. The molecule has 0 aliphatic rings. The predicted molar refractivity (Wildman–Crippen MR) is 53.2 cm³/mol. The molecule has 0 saturated carbocycles. The van der Waals surface area contributed by atoms with E-state index in [1.165, 1.54) is 5.36 Å². The molecule has 0 rings (SSSR count). The second-order valence-electron chi connectivity index (χ2n) is 2.05. The molecule has 0 amide bonds. The first-order chi connectivity index (χ1) is 4.81. The molecule has 0 bridgehead atoms. The van der Waals surface area contributed by atoms with Gasteiger partial charge in [-0.1, -0.05) is 0 Å². The Morgan fingerprint density at radius 2 is 2.30 bits per heavy atom. The molecule has 0 nitrogen and oxygen atoms in total. The van der Waals surface area contributed by atoms with Crippen LogP contribution in [-0.2, 0) is 0 Å². The zero-order valence-corrected chi connectivity index (χ0v) is 6.59. The topological polar surface area (TPSA) is 0 Å². The van der Waals surface area contributed by atoms with Gasteiger partial charge in [0.05, 0.1) is 0 Å². The van der Waals surface area contributed by atoms with Gasteiger partial charge in [-0.05, 0) is 0 Å². The first-order valence-corrected chi connectivity index (χ1v) is 3.37. The Hall–Kier alpha value is -0.310. The maximum absolute atomic E-state index is 5.06. The zero-order valence-electron chi connectivity index (χ0n) is 6.59. The summed E-state index contributed by atoms with van der Waals surface area (Å²) in [5.74, 6) is 2.54. The van der Waals surface area contributed by atoms with Crippen LogP contribution in [0.25, 0.3) is 0 Å². The number of hydrogen-bond donors (Lipinski definition) is 0. The Kier molecular flexibility index (Phi) is 6.59. The molecule has 0 aromatic rings. The molecule has 1 radical (unpaired) electrons. The molecule has 0 heterocycles. The summed E-state index contributed by atoms with van der Waals surface area (Å²) in [5, 5.41) is 1.23. The molecule has 10 heavy (non-hydrogen) atoms. The predicted octanol–water partition coefficient (Wildman–Crippen LogP) is -0.117. The zero-order chi connectivity index (χ0) is 7.82. The SMILES string of the molecule is C#CCB=BC(C)=B[B]C. The van der Waals surface area contributed by atoms with E-state index < -0.39 is 0 Å². The molecular weight excluding hydrogens is 115 g/mol. The van der Waals surface area contributed by atoms with Gasteiger partial charge in [0.25, 0.3) is 0 Å². The normalized spacial score (nSPS) is 9.10. The van der Waals surface area contributed by atoms with E-state index in [1.54, 1.807) is 0 Å². The van der Waals surface area contributed by atoms with E-state index in [2.05, 4.69) is 5.92 Å². The van der Waals surface area contributed by atoms with E-state index >= 15 is 0 Å². The van der Waals surface area contributed by atoms with Crippen molar-refractivity contribution in [3.8, 4) is 12.3 Å². The van der Waals surface area contributed by atoms with Gasteiger partial charge < -0.3 is 0 Å². The minimum atomic E-state index is 0.717. The van der Waals surface area contributed by atoms with Crippen LogP contribution in [0.2, 0.25) is 13.1 Å². The third-order valence-electron chi connectivity index (χ3n) is 1.05. The van der Waals surface area contributed by atoms with Crippen LogP contribution < -0.4 is 0 Å². The summed E-state index contributed by atoms with van der Waals surface area (Å²) >= 11 is 0. The van der Waals surface area contributed by atoms with Gasteiger partial charge in [-0.3, -0.25) is 0 Å². The first kappa shape index (κ1) is 9.69. The average Bonchev–Trinajstić information content (AvgIpc) is 1.89. The summed E-state index contributed by atoms with van der Waals surface area (Å²) in [6.45, 7) is 10.1. The van der Waals surface area contributed by atoms with E-state index in [9.17, 15) is 0 Å². The van der Waals surface area contributed by atoms with Crippen LogP contribution in [0, 0.1) is 12.3 Å². The molecule has 0 spiro atoms. The van der Waals surface area contributed by atoms with Crippen molar-refractivity contribution in [1.29, 1.82) is 0 Å². The summed E-state index contributed by atoms with van der Waals surface area (Å²) in [4.78, 5) is 0. The van der Waals surface area contributed by atoms with Crippen LogP contribution in [0.4, 0.5) is 0 Å². The summed E-state index contributed by atoms with van der Waals surface area (Å²) in [6, 6.07) is 0. The van der Waals surface area contributed by atoms with Gasteiger partial charge in [0.1, 0.15) is 0 Å². The Balaban J connectivity index is 3.68. The summed E-state index contributed by atoms with van der Waals surface area (Å²) < 4.78 is 0.